The number of hydrogen-bond acceptors (Lipinski definition) is 3. The molecule has 0 spiro atoms. The first-order valence-corrected chi connectivity index (χ1v) is 13.4. The third-order valence-corrected chi connectivity index (χ3v) is 6.93. The zero-order valence-electron chi connectivity index (χ0n) is 24.4. The second-order valence-electron chi connectivity index (χ2n) is 9.37. The molecule has 4 nitrogen and oxygen atoms in total. The predicted molar refractivity (Wildman–Crippen MR) is 145 cm³/mol. The van der Waals surface area contributed by atoms with E-state index in [0.29, 0.717) is 24.3 Å². The van der Waals surface area contributed by atoms with E-state index in [-0.39, 0.29) is 29.8 Å². The lowest BCUT2D eigenvalue weighted by atomic mass is 10.1. The van der Waals surface area contributed by atoms with Gasteiger partial charge in [0.1, 0.15) is 11.5 Å². The van der Waals surface area contributed by atoms with Crippen LogP contribution in [0.15, 0.2) is 42.5 Å². The van der Waals surface area contributed by atoms with Crippen LogP contribution in [-0.4, -0.2) is 27.0 Å². The zero-order chi connectivity index (χ0) is 35.2. The van der Waals surface area contributed by atoms with Crippen molar-refractivity contribution in [1.82, 2.24) is 4.48 Å². The van der Waals surface area contributed by atoms with Gasteiger partial charge >= 0.3 is 7.32 Å². The number of halogens is 12. The Balaban J connectivity index is 0.000000573. The van der Waals surface area contributed by atoms with Gasteiger partial charge in [-0.15, -0.1) is 12.1 Å². The van der Waals surface area contributed by atoms with Crippen molar-refractivity contribution in [3.63, 3.8) is 0 Å². The summed E-state index contributed by atoms with van der Waals surface area (Å²) >= 11 is 0. The Labute approximate surface area is 260 Å². The van der Waals surface area contributed by atoms with Crippen molar-refractivity contribution in [2.45, 2.75) is 20.8 Å². The quantitative estimate of drug-likeness (QED) is 0.0551. The molecule has 17 heteroatoms. The normalized spacial score (nSPS) is 11.1. The lowest BCUT2D eigenvalue weighted by Crippen LogP contribution is -2.49. The third kappa shape index (κ3) is 7.89. The minimum absolute atomic E-state index is 0.179. The highest BCUT2D eigenvalue weighted by Gasteiger charge is 2.39. The van der Waals surface area contributed by atoms with E-state index < -0.39 is 94.4 Å². The zero-order valence-corrected chi connectivity index (χ0v) is 24.4. The van der Waals surface area contributed by atoms with Crippen LogP contribution in [0.25, 0.3) is 0 Å². The molecule has 4 aromatic carbocycles. The predicted octanol–water partition coefficient (Wildman–Crippen LogP) is 8.73. The highest BCUT2D eigenvalue weighted by molar-refractivity contribution is 6.39. The molecule has 0 aliphatic carbocycles. The van der Waals surface area contributed by atoms with Crippen LogP contribution in [0.1, 0.15) is 20.8 Å². The standard InChI is InChI=1S/C24H20BF9NO3.C6H2F3/c1-4-35(5-2,6-3)14-11-17(23(33)24(34)20(14)30)38-25(36-15-9-7-12(26)18(28)21(15)31)37-16-10-8-13(27)19(29)22(16)32;7-4-2-1-3-5(8)6(4)9/h7-11H,4-6H2,1-3H3;1-2H/q+1;-1. The molecular weight excluding hydrogens is 661 g/mol. The highest BCUT2D eigenvalue weighted by atomic mass is 19.2. The molecule has 0 saturated heterocycles. The topological polar surface area (TPSA) is 27.7 Å². The van der Waals surface area contributed by atoms with Crippen LogP contribution in [-0.2, 0) is 0 Å². The molecule has 4 rings (SSSR count). The summed E-state index contributed by atoms with van der Waals surface area (Å²) in [6, 6.07) is 6.42. The molecule has 0 radical (unpaired) electrons. The first-order chi connectivity index (χ1) is 22.1. The third-order valence-electron chi connectivity index (χ3n) is 6.93. The molecule has 252 valence electrons. The van der Waals surface area contributed by atoms with Crippen molar-refractivity contribution in [2.24, 2.45) is 0 Å². The maximum Gasteiger partial charge on any atom is 0.864 e. The summed E-state index contributed by atoms with van der Waals surface area (Å²) in [5.74, 6) is -23.6. The van der Waals surface area contributed by atoms with E-state index in [1.165, 1.54) is 0 Å². The van der Waals surface area contributed by atoms with E-state index >= 15 is 0 Å². The second kappa shape index (κ2) is 15.4. The van der Waals surface area contributed by atoms with Crippen LogP contribution in [0.5, 0.6) is 17.2 Å². The van der Waals surface area contributed by atoms with Gasteiger partial charge in [-0.1, -0.05) is 0 Å². The van der Waals surface area contributed by atoms with E-state index in [9.17, 15) is 52.7 Å². The molecular formula is C30H22BF12NO3. The van der Waals surface area contributed by atoms with E-state index in [2.05, 4.69) is 0 Å². The molecule has 0 saturated carbocycles. The molecule has 0 bridgehead atoms. The van der Waals surface area contributed by atoms with Crippen LogP contribution < -0.4 is 18.4 Å². The second-order valence-corrected chi connectivity index (χ2v) is 9.37. The summed E-state index contributed by atoms with van der Waals surface area (Å²) in [6.45, 7) is 5.73. The molecule has 0 heterocycles. The molecule has 47 heavy (non-hydrogen) atoms. The van der Waals surface area contributed by atoms with Crippen LogP contribution >= 0.6 is 0 Å². The number of quaternary nitrogens is 1. The van der Waals surface area contributed by atoms with Gasteiger partial charge in [0.05, 0.1) is 31.3 Å². The van der Waals surface area contributed by atoms with Crippen LogP contribution in [0.3, 0.4) is 0 Å². The maximum atomic E-state index is 14.8. The molecule has 0 N–H and O–H groups in total. The van der Waals surface area contributed by atoms with Crippen molar-refractivity contribution in [3.8, 4) is 17.2 Å². The van der Waals surface area contributed by atoms with Gasteiger partial charge in [-0.05, 0) is 45.0 Å². The molecule has 0 aliphatic rings. The maximum absolute atomic E-state index is 14.8. The van der Waals surface area contributed by atoms with Crippen LogP contribution in [0.2, 0.25) is 0 Å². The fraction of sp³-hybridized carbons (Fsp3) is 0.200. The lowest BCUT2D eigenvalue weighted by molar-refractivity contribution is 0.272. The molecule has 4 aromatic rings. The van der Waals surface area contributed by atoms with E-state index in [1.54, 1.807) is 20.8 Å². The van der Waals surface area contributed by atoms with Crippen molar-refractivity contribution in [1.29, 1.82) is 0 Å². The number of hydrogen-bond donors (Lipinski definition) is 0. The van der Waals surface area contributed by atoms with Gasteiger partial charge in [0.25, 0.3) is 0 Å². The minimum atomic E-state index is -2.53. The minimum Gasteiger partial charge on any atom is -0.487 e. The van der Waals surface area contributed by atoms with Crippen molar-refractivity contribution < 1.29 is 66.6 Å². The van der Waals surface area contributed by atoms with E-state index in [0.717, 1.165) is 18.2 Å². The Morgan fingerprint density at radius 1 is 0.511 bits per heavy atom. The lowest BCUT2D eigenvalue weighted by Gasteiger charge is -2.35. The van der Waals surface area contributed by atoms with Crippen molar-refractivity contribution in [3.05, 3.63) is 118 Å². The van der Waals surface area contributed by atoms with Crippen molar-refractivity contribution >= 4 is 13.0 Å². The molecule has 0 aromatic heterocycles. The number of nitrogens with zero attached hydrogens (tertiary/aromatic N) is 1. The molecule has 0 unspecified atom stereocenters. The molecule has 0 atom stereocenters. The summed E-state index contributed by atoms with van der Waals surface area (Å²) in [5.41, 5.74) is -0.344. The average Bonchev–Trinajstić information content (AvgIpc) is 3.06. The Kier molecular flexibility index (Phi) is 12.1. The average molecular weight is 683 g/mol. The van der Waals surface area contributed by atoms with Gasteiger partial charge in [-0.25, -0.2) is 30.7 Å². The smallest absolute Gasteiger partial charge is 0.487 e. The van der Waals surface area contributed by atoms with E-state index in [1.807, 2.05) is 6.07 Å². The first kappa shape index (κ1) is 36.9. The summed E-state index contributed by atoms with van der Waals surface area (Å²) < 4.78 is 177. The Hall–Kier alpha value is -4.54. The van der Waals surface area contributed by atoms with Crippen molar-refractivity contribution in [2.75, 3.05) is 19.6 Å². The fourth-order valence-corrected chi connectivity index (χ4v) is 4.19. The molecule has 0 fully saturated rings. The molecule has 0 amide bonds. The van der Waals surface area contributed by atoms with Gasteiger partial charge in [0.15, 0.2) is 34.7 Å². The van der Waals surface area contributed by atoms with Gasteiger partial charge in [0.2, 0.25) is 29.1 Å². The monoisotopic (exact) mass is 683 g/mol. The summed E-state index contributed by atoms with van der Waals surface area (Å²) in [6.07, 6.45) is 0. The largest absolute Gasteiger partial charge is 0.864 e. The highest BCUT2D eigenvalue weighted by Crippen LogP contribution is 2.36. The summed E-state index contributed by atoms with van der Waals surface area (Å²) in [4.78, 5) is 0. The van der Waals surface area contributed by atoms with Gasteiger partial charge < -0.3 is 14.0 Å². The Bertz CT molecular complexity index is 1650. The summed E-state index contributed by atoms with van der Waals surface area (Å²) in [5, 5.41) is 0. The number of rotatable bonds is 10. The van der Waals surface area contributed by atoms with E-state index in [4.69, 9.17) is 14.0 Å². The SMILES string of the molecule is CC[N+](CC)(CC)c1cc(OB(Oc2ccc(F)c(F)c2F)Oc2ccc(F)c(F)c2F)c(F)c(F)c1F.Fc1[c-]ccc(F)c1F. The molecule has 0 aliphatic heterocycles. The Morgan fingerprint density at radius 3 is 1.36 bits per heavy atom. The fourth-order valence-electron chi connectivity index (χ4n) is 4.19. The van der Waals surface area contributed by atoms with Crippen LogP contribution in [0.4, 0.5) is 58.4 Å². The van der Waals surface area contributed by atoms with Crippen LogP contribution in [0, 0.1) is 75.9 Å². The Morgan fingerprint density at radius 2 is 0.936 bits per heavy atom. The van der Waals surface area contributed by atoms with Gasteiger partial charge in [-0.2, -0.15) is 23.6 Å². The van der Waals surface area contributed by atoms with Gasteiger partial charge in [0, 0.05) is 11.9 Å². The number of benzene rings is 4. The summed E-state index contributed by atoms with van der Waals surface area (Å²) in [7, 11) is -2.53. The van der Waals surface area contributed by atoms with Gasteiger partial charge in [-0.3, -0.25) is 8.87 Å². The first-order valence-electron chi connectivity index (χ1n) is 13.4.